The van der Waals surface area contributed by atoms with Crippen molar-refractivity contribution in [3.8, 4) is 17.3 Å². The van der Waals surface area contributed by atoms with Crippen molar-refractivity contribution >= 4 is 5.91 Å². The van der Waals surface area contributed by atoms with Gasteiger partial charge in [-0.05, 0) is 29.8 Å². The highest BCUT2D eigenvalue weighted by molar-refractivity contribution is 5.93. The van der Waals surface area contributed by atoms with Crippen LogP contribution in [0.1, 0.15) is 16.1 Å². The van der Waals surface area contributed by atoms with E-state index in [4.69, 9.17) is 5.26 Å². The lowest BCUT2D eigenvalue weighted by atomic mass is 10.1. The predicted molar refractivity (Wildman–Crippen MR) is 64.3 cm³/mol. The number of aromatic amines is 1. The lowest BCUT2D eigenvalue weighted by molar-refractivity contribution is 0.0959. The molecule has 0 aliphatic heterocycles. The molecule has 2 N–H and O–H groups in total. The molecule has 0 saturated carbocycles. The molecule has 0 bridgehead atoms. The van der Waals surface area contributed by atoms with E-state index in [1.165, 1.54) is 0 Å². The lowest BCUT2D eigenvalue weighted by Gasteiger charge is -1.98. The van der Waals surface area contributed by atoms with Crippen LogP contribution in [0.2, 0.25) is 0 Å². The summed E-state index contributed by atoms with van der Waals surface area (Å²) in [6.07, 6.45) is 0. The van der Waals surface area contributed by atoms with Crippen LogP contribution < -0.4 is 5.32 Å². The summed E-state index contributed by atoms with van der Waals surface area (Å²) in [6, 6.07) is 12.8. The van der Waals surface area contributed by atoms with Crippen LogP contribution >= 0.6 is 0 Å². The van der Waals surface area contributed by atoms with Crippen molar-refractivity contribution in [2.75, 3.05) is 7.05 Å². The summed E-state index contributed by atoms with van der Waals surface area (Å²) in [6.45, 7) is 0. The highest BCUT2D eigenvalue weighted by Gasteiger charge is 2.07. The van der Waals surface area contributed by atoms with Gasteiger partial charge in [0, 0.05) is 12.7 Å². The number of carbonyl (C=O) groups excluding carboxylic acids is 1. The van der Waals surface area contributed by atoms with Crippen molar-refractivity contribution in [3.63, 3.8) is 0 Å². The predicted octanol–water partition coefficient (Wildman–Crippen LogP) is 1.91. The molecule has 1 amide bonds. The van der Waals surface area contributed by atoms with Crippen LogP contribution in [0.25, 0.3) is 11.3 Å². The zero-order valence-electron chi connectivity index (χ0n) is 9.32. The molecule has 4 heteroatoms. The molecule has 17 heavy (non-hydrogen) atoms. The van der Waals surface area contributed by atoms with Crippen LogP contribution in [-0.2, 0) is 0 Å². The van der Waals surface area contributed by atoms with Gasteiger partial charge in [0.05, 0.1) is 11.6 Å². The summed E-state index contributed by atoms with van der Waals surface area (Å²) in [5.41, 5.74) is 2.94. The number of carbonyl (C=O) groups is 1. The smallest absolute Gasteiger partial charge is 0.267 e. The third kappa shape index (κ3) is 2.18. The van der Waals surface area contributed by atoms with E-state index in [0.717, 1.165) is 11.3 Å². The Hall–Kier alpha value is -2.54. The molecule has 1 aromatic carbocycles. The fourth-order valence-corrected chi connectivity index (χ4v) is 1.55. The Morgan fingerprint density at radius 1 is 1.24 bits per heavy atom. The first-order valence-corrected chi connectivity index (χ1v) is 5.16. The highest BCUT2D eigenvalue weighted by Crippen LogP contribution is 2.18. The quantitative estimate of drug-likeness (QED) is 0.819. The number of hydrogen-bond acceptors (Lipinski definition) is 2. The Morgan fingerprint density at radius 2 is 1.94 bits per heavy atom. The summed E-state index contributed by atoms with van der Waals surface area (Å²) in [4.78, 5) is 14.4. The summed E-state index contributed by atoms with van der Waals surface area (Å²) >= 11 is 0. The number of amides is 1. The van der Waals surface area contributed by atoms with Crippen LogP contribution in [0, 0.1) is 11.3 Å². The van der Waals surface area contributed by atoms with Crippen LogP contribution in [0.4, 0.5) is 0 Å². The zero-order valence-corrected chi connectivity index (χ0v) is 9.32. The molecule has 2 aromatic rings. The Kier molecular flexibility index (Phi) is 2.93. The average Bonchev–Trinajstić information content (AvgIpc) is 2.87. The second kappa shape index (κ2) is 4.54. The number of hydrogen-bond donors (Lipinski definition) is 2. The van der Waals surface area contributed by atoms with E-state index in [9.17, 15) is 4.79 Å². The zero-order chi connectivity index (χ0) is 12.3. The minimum atomic E-state index is -0.148. The minimum absolute atomic E-state index is 0.148. The Bertz CT molecular complexity index is 575. The summed E-state index contributed by atoms with van der Waals surface area (Å²) in [5.74, 6) is -0.148. The van der Waals surface area contributed by atoms with E-state index in [1.54, 1.807) is 25.2 Å². The van der Waals surface area contributed by atoms with Gasteiger partial charge < -0.3 is 10.3 Å². The number of benzene rings is 1. The first kappa shape index (κ1) is 11.0. The van der Waals surface area contributed by atoms with Gasteiger partial charge in [0.1, 0.15) is 5.69 Å². The fraction of sp³-hybridized carbons (Fsp3) is 0.0769. The number of rotatable bonds is 2. The van der Waals surface area contributed by atoms with Crippen LogP contribution in [0.5, 0.6) is 0 Å². The van der Waals surface area contributed by atoms with E-state index in [0.29, 0.717) is 11.3 Å². The van der Waals surface area contributed by atoms with Gasteiger partial charge in [-0.3, -0.25) is 4.79 Å². The van der Waals surface area contributed by atoms with Gasteiger partial charge in [-0.2, -0.15) is 5.26 Å². The molecule has 0 unspecified atom stereocenters. The second-order valence-corrected chi connectivity index (χ2v) is 3.55. The van der Waals surface area contributed by atoms with Crippen molar-refractivity contribution in [1.82, 2.24) is 10.3 Å². The van der Waals surface area contributed by atoms with Crippen molar-refractivity contribution in [3.05, 3.63) is 47.7 Å². The van der Waals surface area contributed by atoms with E-state index < -0.39 is 0 Å². The molecule has 4 nitrogen and oxygen atoms in total. The number of aromatic nitrogens is 1. The normalized spacial score (nSPS) is 9.65. The first-order chi connectivity index (χ1) is 8.24. The molecule has 84 valence electrons. The minimum Gasteiger partial charge on any atom is -0.354 e. The molecule has 0 aliphatic carbocycles. The van der Waals surface area contributed by atoms with Gasteiger partial charge in [0.25, 0.3) is 5.91 Å². The van der Waals surface area contributed by atoms with Gasteiger partial charge in [-0.1, -0.05) is 12.1 Å². The largest absolute Gasteiger partial charge is 0.354 e. The van der Waals surface area contributed by atoms with E-state index in [-0.39, 0.29) is 5.91 Å². The molecule has 2 rings (SSSR count). The Labute approximate surface area is 98.9 Å². The summed E-state index contributed by atoms with van der Waals surface area (Å²) in [7, 11) is 1.59. The average molecular weight is 225 g/mol. The first-order valence-electron chi connectivity index (χ1n) is 5.16. The molecule has 0 saturated heterocycles. The van der Waals surface area contributed by atoms with Crippen LogP contribution in [0.15, 0.2) is 36.4 Å². The van der Waals surface area contributed by atoms with Gasteiger partial charge >= 0.3 is 0 Å². The third-order valence-electron chi connectivity index (χ3n) is 2.48. The fourth-order valence-electron chi connectivity index (χ4n) is 1.55. The Morgan fingerprint density at radius 3 is 2.53 bits per heavy atom. The van der Waals surface area contributed by atoms with Gasteiger partial charge in [0.15, 0.2) is 0 Å². The second-order valence-electron chi connectivity index (χ2n) is 3.55. The maximum Gasteiger partial charge on any atom is 0.267 e. The molecular weight excluding hydrogens is 214 g/mol. The molecule has 0 atom stereocenters. The number of nitrogens with zero attached hydrogens (tertiary/aromatic N) is 1. The van der Waals surface area contributed by atoms with E-state index >= 15 is 0 Å². The molecule has 1 aromatic heterocycles. The van der Waals surface area contributed by atoms with Gasteiger partial charge in [0.2, 0.25) is 0 Å². The van der Waals surface area contributed by atoms with Crippen LogP contribution in [-0.4, -0.2) is 17.9 Å². The van der Waals surface area contributed by atoms with Crippen LogP contribution in [0.3, 0.4) is 0 Å². The lowest BCUT2D eigenvalue weighted by Crippen LogP contribution is -2.17. The van der Waals surface area contributed by atoms with Crippen molar-refractivity contribution in [1.29, 1.82) is 5.26 Å². The molecule has 1 heterocycles. The molecule has 0 radical (unpaired) electrons. The molecular formula is C13H11N3O. The van der Waals surface area contributed by atoms with Crippen molar-refractivity contribution in [2.24, 2.45) is 0 Å². The number of H-pyrrole nitrogens is 1. The maximum absolute atomic E-state index is 11.4. The van der Waals surface area contributed by atoms with Gasteiger partial charge in [-0.25, -0.2) is 0 Å². The van der Waals surface area contributed by atoms with Crippen molar-refractivity contribution in [2.45, 2.75) is 0 Å². The SMILES string of the molecule is CNC(=O)c1ccc(-c2ccc(C#N)cc2)[nH]1. The summed E-state index contributed by atoms with van der Waals surface area (Å²) in [5, 5.41) is 11.2. The topological polar surface area (TPSA) is 68.7 Å². The number of nitrogens with one attached hydrogen (secondary N) is 2. The molecule has 0 fully saturated rings. The standard InChI is InChI=1S/C13H11N3O/c1-15-13(17)12-7-6-11(16-12)10-4-2-9(8-14)3-5-10/h2-7,16H,1H3,(H,15,17). The van der Waals surface area contributed by atoms with E-state index in [2.05, 4.69) is 16.4 Å². The molecule has 0 spiro atoms. The van der Waals surface area contributed by atoms with E-state index in [1.807, 2.05) is 18.2 Å². The maximum atomic E-state index is 11.4. The monoisotopic (exact) mass is 225 g/mol. The Balaban J connectivity index is 2.31. The summed E-state index contributed by atoms with van der Waals surface area (Å²) < 4.78 is 0. The van der Waals surface area contributed by atoms with Crippen molar-refractivity contribution < 1.29 is 4.79 Å². The third-order valence-corrected chi connectivity index (χ3v) is 2.48. The highest BCUT2D eigenvalue weighted by atomic mass is 16.1. The van der Waals surface area contributed by atoms with Gasteiger partial charge in [-0.15, -0.1) is 0 Å². The molecule has 0 aliphatic rings. The number of nitriles is 1.